The lowest BCUT2D eigenvalue weighted by molar-refractivity contribution is -0.132. The number of aliphatic carboxylic acids is 2. The van der Waals surface area contributed by atoms with Gasteiger partial charge in [-0.2, -0.15) is 0 Å². The van der Waals surface area contributed by atoms with Crippen LogP contribution in [0, 0.1) is 13.8 Å². The summed E-state index contributed by atoms with van der Waals surface area (Å²) in [5.41, 5.74) is 16.5. The summed E-state index contributed by atoms with van der Waals surface area (Å²) in [6, 6.07) is 4.12. The fourth-order valence-corrected chi connectivity index (χ4v) is 6.95. The van der Waals surface area contributed by atoms with Crippen LogP contribution in [0.4, 0.5) is 0 Å². The van der Waals surface area contributed by atoms with Gasteiger partial charge in [-0.3, -0.25) is 0 Å². The summed E-state index contributed by atoms with van der Waals surface area (Å²) >= 11 is 0. The van der Waals surface area contributed by atoms with Crippen LogP contribution in [0.15, 0.2) is 24.3 Å². The number of H-pyrrole nitrogens is 2. The number of aromatic amines is 2. The van der Waals surface area contributed by atoms with E-state index in [1.54, 1.807) is 12.2 Å². The molecule has 8 nitrogen and oxygen atoms in total. The number of rotatable bonds is 8. The maximum absolute atomic E-state index is 11.8. The second kappa shape index (κ2) is 12.8. The molecule has 3 aromatic rings. The van der Waals surface area contributed by atoms with Crippen LogP contribution in [0.5, 0.6) is 0 Å². The molecule has 5 heterocycles. The van der Waals surface area contributed by atoms with Crippen molar-refractivity contribution in [2.45, 2.75) is 81.1 Å². The first-order chi connectivity index (χ1) is 21.9. The first kappa shape index (κ1) is 32.4. The van der Waals surface area contributed by atoms with Crippen LogP contribution in [0.2, 0.25) is 0 Å². The first-order valence-electron chi connectivity index (χ1n) is 16.0. The Morgan fingerprint density at radius 3 is 1.33 bits per heavy atom. The third kappa shape index (κ3) is 5.53. The molecule has 46 heavy (non-hydrogen) atoms. The molecular formula is C38H42N4O4. The van der Waals surface area contributed by atoms with Gasteiger partial charge >= 0.3 is 11.9 Å². The highest BCUT2D eigenvalue weighted by Crippen LogP contribution is 2.40. The standard InChI is InChI=1S/C38H42N4O4/c1-9-23-21(7)35-27(13-15-33(43)44)37-26(12-4)20(6)30(40-37)18-32-24(10-2)22(8)36(42-32)28(14-16-34(45)46)38-25(11-3)19(5)29(39-38)17-31(23)41-35/h13-18,41-42H,9-12H2,1-8H3,(H,43,44)(H,45,46)/b15-13+,16-14+,29-17?,30-18?,31-17?,32-18?,35-27?,36-28?,37-27?,38-28?. The number of hydrogen-bond acceptors (Lipinski definition) is 4. The van der Waals surface area contributed by atoms with E-state index in [0.717, 1.165) is 126 Å². The first-order valence-corrected chi connectivity index (χ1v) is 16.0. The summed E-state index contributed by atoms with van der Waals surface area (Å²) < 4.78 is 0. The molecule has 0 aliphatic carbocycles. The van der Waals surface area contributed by atoms with E-state index in [2.05, 4.69) is 77.5 Å². The molecule has 0 unspecified atom stereocenters. The number of carboxylic acids is 2. The fraction of sp³-hybridized carbons (Fsp3) is 0.316. The van der Waals surface area contributed by atoms with Crippen LogP contribution >= 0.6 is 0 Å². The van der Waals surface area contributed by atoms with E-state index in [4.69, 9.17) is 9.97 Å². The van der Waals surface area contributed by atoms with E-state index >= 15 is 0 Å². The fourth-order valence-electron chi connectivity index (χ4n) is 6.95. The zero-order valence-corrected chi connectivity index (χ0v) is 27.9. The van der Waals surface area contributed by atoms with E-state index in [1.807, 2.05) is 0 Å². The molecule has 0 atom stereocenters. The molecule has 0 spiro atoms. The van der Waals surface area contributed by atoms with Crippen molar-refractivity contribution in [2.75, 3.05) is 0 Å². The molecule has 0 saturated carbocycles. The molecule has 5 rings (SSSR count). The number of allylic oxidation sites excluding steroid dienone is 4. The summed E-state index contributed by atoms with van der Waals surface area (Å²) in [5, 5.41) is 19.3. The molecule has 3 aromatic heterocycles. The number of nitrogens with zero attached hydrogens (tertiary/aromatic N) is 2. The summed E-state index contributed by atoms with van der Waals surface area (Å²) in [4.78, 5) is 41.2. The van der Waals surface area contributed by atoms with Gasteiger partial charge in [0.2, 0.25) is 0 Å². The minimum Gasteiger partial charge on any atom is -0.478 e. The van der Waals surface area contributed by atoms with Crippen molar-refractivity contribution in [3.8, 4) is 0 Å². The second-order valence-electron chi connectivity index (χ2n) is 11.8. The van der Waals surface area contributed by atoms with Gasteiger partial charge in [0, 0.05) is 34.3 Å². The lowest BCUT2D eigenvalue weighted by Crippen LogP contribution is -1.92. The van der Waals surface area contributed by atoms with Gasteiger partial charge in [-0.1, -0.05) is 27.7 Å². The van der Waals surface area contributed by atoms with Gasteiger partial charge in [0.25, 0.3) is 0 Å². The van der Waals surface area contributed by atoms with Gasteiger partial charge in [0.1, 0.15) is 0 Å². The van der Waals surface area contributed by atoms with Crippen LogP contribution < -0.4 is 0 Å². The van der Waals surface area contributed by atoms with E-state index in [1.165, 1.54) is 12.2 Å². The van der Waals surface area contributed by atoms with Gasteiger partial charge in [0.15, 0.2) is 0 Å². The molecule has 0 aromatic carbocycles. The Kier molecular flexibility index (Phi) is 9.01. The topological polar surface area (TPSA) is 132 Å². The van der Waals surface area contributed by atoms with Crippen LogP contribution in [0.25, 0.3) is 56.5 Å². The highest BCUT2D eigenvalue weighted by Gasteiger charge is 2.24. The van der Waals surface area contributed by atoms with Gasteiger partial charge in [0.05, 0.1) is 33.8 Å². The molecule has 8 heteroatoms. The Bertz CT molecular complexity index is 1930. The molecule has 8 bridgehead atoms. The molecule has 2 aliphatic rings. The van der Waals surface area contributed by atoms with Gasteiger partial charge < -0.3 is 20.2 Å². The molecular weight excluding hydrogens is 576 g/mol. The minimum absolute atomic E-state index is 0.720. The average Bonchev–Trinajstić information content (AvgIpc) is 3.70. The van der Waals surface area contributed by atoms with Crippen molar-refractivity contribution in [1.82, 2.24) is 19.9 Å². The zero-order valence-electron chi connectivity index (χ0n) is 27.9. The number of aromatic nitrogens is 4. The number of carboxylic acid groups (broad SMARTS) is 2. The highest BCUT2D eigenvalue weighted by molar-refractivity contribution is 6.01. The SMILES string of the molecule is CCC1=C(C)c2cc3[nH]c(c(C)c3CC)c(/C=C/C(=O)O)c3nc(cc4[nH]c(c(C)c4CC)c(/C=C/C(=O)O)c1n2)C(C)=C3CC. The van der Waals surface area contributed by atoms with Gasteiger partial charge in [-0.25, -0.2) is 19.6 Å². The zero-order chi connectivity index (χ0) is 33.4. The van der Waals surface area contributed by atoms with Crippen molar-refractivity contribution < 1.29 is 19.8 Å². The van der Waals surface area contributed by atoms with Crippen molar-refractivity contribution in [3.05, 3.63) is 80.4 Å². The van der Waals surface area contributed by atoms with Crippen LogP contribution in [-0.4, -0.2) is 42.1 Å². The monoisotopic (exact) mass is 618 g/mol. The van der Waals surface area contributed by atoms with E-state index in [-0.39, 0.29) is 0 Å². The predicted octanol–water partition coefficient (Wildman–Crippen LogP) is 8.93. The smallest absolute Gasteiger partial charge is 0.328 e. The quantitative estimate of drug-likeness (QED) is 0.186. The Labute approximate surface area is 269 Å². The summed E-state index contributed by atoms with van der Waals surface area (Å²) in [7, 11) is 0. The number of aryl methyl sites for hydroxylation is 4. The van der Waals surface area contributed by atoms with Crippen molar-refractivity contribution in [1.29, 1.82) is 0 Å². The maximum Gasteiger partial charge on any atom is 0.328 e. The summed E-state index contributed by atoms with van der Waals surface area (Å²) in [6.07, 6.45) is 8.62. The van der Waals surface area contributed by atoms with E-state index in [0.29, 0.717) is 0 Å². The minimum atomic E-state index is -1.03. The number of fused-ring (bicyclic) bond motifs is 8. The highest BCUT2D eigenvalue weighted by atomic mass is 16.4. The summed E-state index contributed by atoms with van der Waals surface area (Å²) in [5.74, 6) is -2.05. The molecule has 0 saturated heterocycles. The largest absolute Gasteiger partial charge is 0.478 e. The maximum atomic E-state index is 11.8. The number of hydrogen-bond donors (Lipinski definition) is 4. The molecule has 4 N–H and O–H groups in total. The van der Waals surface area contributed by atoms with Gasteiger partial charge in [-0.15, -0.1) is 0 Å². The van der Waals surface area contributed by atoms with Crippen molar-refractivity contribution >= 4 is 68.4 Å². The van der Waals surface area contributed by atoms with Crippen molar-refractivity contribution in [2.24, 2.45) is 0 Å². The lowest BCUT2D eigenvalue weighted by Gasteiger charge is -2.05. The lowest BCUT2D eigenvalue weighted by atomic mass is 9.98. The Morgan fingerprint density at radius 1 is 0.652 bits per heavy atom. The van der Waals surface area contributed by atoms with Gasteiger partial charge in [-0.05, 0) is 122 Å². The van der Waals surface area contributed by atoms with E-state index in [9.17, 15) is 19.8 Å². The number of nitrogens with one attached hydrogen (secondary N) is 2. The number of carbonyl (C=O) groups is 2. The molecule has 2 aliphatic heterocycles. The van der Waals surface area contributed by atoms with Crippen LogP contribution in [0.1, 0.15) is 111 Å². The Morgan fingerprint density at radius 2 is 1.02 bits per heavy atom. The molecule has 0 radical (unpaired) electrons. The third-order valence-electron chi connectivity index (χ3n) is 9.35. The Hall–Kier alpha value is -4.98. The molecule has 0 fully saturated rings. The predicted molar refractivity (Wildman–Crippen MR) is 188 cm³/mol. The second-order valence-corrected chi connectivity index (χ2v) is 11.8. The average molecular weight is 619 g/mol. The van der Waals surface area contributed by atoms with Crippen LogP contribution in [0.3, 0.4) is 0 Å². The summed E-state index contributed by atoms with van der Waals surface area (Å²) in [6.45, 7) is 16.6. The molecule has 238 valence electrons. The normalized spacial score (nSPS) is 13.6. The third-order valence-corrected chi connectivity index (χ3v) is 9.35. The van der Waals surface area contributed by atoms with Crippen LogP contribution in [-0.2, 0) is 22.4 Å². The van der Waals surface area contributed by atoms with Crippen molar-refractivity contribution in [3.63, 3.8) is 0 Å². The van der Waals surface area contributed by atoms with E-state index < -0.39 is 11.9 Å². The molecule has 0 amide bonds. The Balaban J connectivity index is 2.13.